The van der Waals surface area contributed by atoms with Gasteiger partial charge in [0.1, 0.15) is 0 Å². The molecular formula is C14H22ClN. The molecule has 0 spiro atoms. The van der Waals surface area contributed by atoms with Crippen molar-refractivity contribution in [2.75, 3.05) is 6.54 Å². The Balaban J connectivity index is 2.88. The highest BCUT2D eigenvalue weighted by Crippen LogP contribution is 2.30. The van der Waals surface area contributed by atoms with E-state index in [2.05, 4.69) is 38.2 Å². The summed E-state index contributed by atoms with van der Waals surface area (Å²) in [5.41, 5.74) is 1.23. The van der Waals surface area contributed by atoms with Crippen molar-refractivity contribution in [3.05, 3.63) is 34.9 Å². The minimum atomic E-state index is 0.374. The number of halogens is 1. The van der Waals surface area contributed by atoms with Crippen molar-refractivity contribution in [2.24, 2.45) is 5.92 Å². The third-order valence-electron chi connectivity index (χ3n) is 2.98. The third kappa shape index (κ3) is 3.50. The first kappa shape index (κ1) is 13.5. The molecule has 1 aromatic carbocycles. The highest BCUT2D eigenvalue weighted by molar-refractivity contribution is 6.31. The number of rotatable bonds is 6. The van der Waals surface area contributed by atoms with E-state index in [-0.39, 0.29) is 0 Å². The average molecular weight is 240 g/mol. The molecule has 2 atom stereocenters. The van der Waals surface area contributed by atoms with E-state index >= 15 is 0 Å². The summed E-state index contributed by atoms with van der Waals surface area (Å²) in [5, 5.41) is 4.41. The summed E-state index contributed by atoms with van der Waals surface area (Å²) < 4.78 is 0. The fourth-order valence-electron chi connectivity index (χ4n) is 2.19. The van der Waals surface area contributed by atoms with Crippen molar-refractivity contribution in [1.29, 1.82) is 0 Å². The maximum absolute atomic E-state index is 6.26. The van der Waals surface area contributed by atoms with Crippen LogP contribution in [0.15, 0.2) is 24.3 Å². The first-order valence-electron chi connectivity index (χ1n) is 6.18. The van der Waals surface area contributed by atoms with Gasteiger partial charge in [-0.15, -0.1) is 0 Å². The molecule has 1 N–H and O–H groups in total. The molecule has 0 amide bonds. The van der Waals surface area contributed by atoms with Crippen LogP contribution in [0.3, 0.4) is 0 Å². The molecule has 16 heavy (non-hydrogen) atoms. The summed E-state index contributed by atoms with van der Waals surface area (Å²) in [7, 11) is 0. The van der Waals surface area contributed by atoms with Gasteiger partial charge in [0.05, 0.1) is 0 Å². The first-order chi connectivity index (χ1) is 7.70. The Morgan fingerprint density at radius 3 is 2.50 bits per heavy atom. The topological polar surface area (TPSA) is 12.0 Å². The van der Waals surface area contributed by atoms with E-state index in [9.17, 15) is 0 Å². The Morgan fingerprint density at radius 2 is 1.94 bits per heavy atom. The average Bonchev–Trinajstić information content (AvgIpc) is 2.27. The summed E-state index contributed by atoms with van der Waals surface area (Å²) in [4.78, 5) is 0. The fraction of sp³-hybridized carbons (Fsp3) is 0.571. The van der Waals surface area contributed by atoms with Crippen molar-refractivity contribution in [1.82, 2.24) is 5.32 Å². The minimum absolute atomic E-state index is 0.374. The van der Waals surface area contributed by atoms with Crippen LogP contribution in [0.2, 0.25) is 5.02 Å². The molecule has 1 aromatic rings. The van der Waals surface area contributed by atoms with Crippen molar-refractivity contribution in [3.63, 3.8) is 0 Å². The van der Waals surface area contributed by atoms with Gasteiger partial charge in [0.25, 0.3) is 0 Å². The predicted octanol–water partition coefficient (Wildman–Crippen LogP) is 4.43. The van der Waals surface area contributed by atoms with E-state index in [0.717, 1.165) is 11.6 Å². The van der Waals surface area contributed by atoms with Gasteiger partial charge in [0.2, 0.25) is 0 Å². The smallest absolute Gasteiger partial charge is 0.0453 e. The van der Waals surface area contributed by atoms with Crippen molar-refractivity contribution >= 4 is 11.6 Å². The van der Waals surface area contributed by atoms with E-state index in [1.54, 1.807) is 0 Å². The summed E-state index contributed by atoms with van der Waals surface area (Å²) in [6.45, 7) is 7.64. The predicted molar refractivity (Wildman–Crippen MR) is 71.9 cm³/mol. The Kier molecular flexibility index (Phi) is 5.86. The summed E-state index contributed by atoms with van der Waals surface area (Å²) >= 11 is 6.26. The minimum Gasteiger partial charge on any atom is -0.310 e. The standard InChI is InChI=1S/C14H22ClN/c1-4-8-11(3)14(16-5-2)12-9-6-7-10-13(12)15/h6-7,9-11,14,16H,4-5,8H2,1-3H3. The van der Waals surface area contributed by atoms with Crippen LogP contribution in [0.25, 0.3) is 0 Å². The second-order valence-corrected chi connectivity index (χ2v) is 4.73. The van der Waals surface area contributed by atoms with Gasteiger partial charge in [-0.25, -0.2) is 0 Å². The van der Waals surface area contributed by atoms with E-state index in [4.69, 9.17) is 11.6 Å². The molecule has 0 bridgehead atoms. The molecule has 1 nitrogen and oxygen atoms in total. The fourth-order valence-corrected chi connectivity index (χ4v) is 2.44. The molecule has 2 unspecified atom stereocenters. The molecule has 0 aliphatic heterocycles. The molecular weight excluding hydrogens is 218 g/mol. The van der Waals surface area contributed by atoms with Crippen LogP contribution in [-0.2, 0) is 0 Å². The first-order valence-corrected chi connectivity index (χ1v) is 6.56. The van der Waals surface area contributed by atoms with Crippen LogP contribution in [0.5, 0.6) is 0 Å². The van der Waals surface area contributed by atoms with Crippen LogP contribution >= 0.6 is 11.6 Å². The Morgan fingerprint density at radius 1 is 1.25 bits per heavy atom. The monoisotopic (exact) mass is 239 g/mol. The molecule has 0 heterocycles. The van der Waals surface area contributed by atoms with E-state index in [1.807, 2.05) is 12.1 Å². The van der Waals surface area contributed by atoms with Gasteiger partial charge in [-0.3, -0.25) is 0 Å². The molecule has 0 saturated heterocycles. The van der Waals surface area contributed by atoms with Gasteiger partial charge < -0.3 is 5.32 Å². The SMILES string of the molecule is CCCC(C)C(NCC)c1ccccc1Cl. The van der Waals surface area contributed by atoms with Gasteiger partial charge in [-0.1, -0.05) is 57.0 Å². The Bertz CT molecular complexity index is 311. The Labute approximate surface area is 104 Å². The second kappa shape index (κ2) is 6.93. The number of hydrogen-bond acceptors (Lipinski definition) is 1. The number of nitrogens with one attached hydrogen (secondary N) is 1. The summed E-state index contributed by atoms with van der Waals surface area (Å²) in [6.07, 6.45) is 2.44. The highest BCUT2D eigenvalue weighted by atomic mass is 35.5. The lowest BCUT2D eigenvalue weighted by molar-refractivity contribution is 0.369. The largest absolute Gasteiger partial charge is 0.310 e. The van der Waals surface area contributed by atoms with Crippen LogP contribution in [0.1, 0.15) is 45.2 Å². The lowest BCUT2D eigenvalue weighted by atomic mass is 9.91. The van der Waals surface area contributed by atoms with Gasteiger partial charge in [0.15, 0.2) is 0 Å². The molecule has 90 valence electrons. The molecule has 1 rings (SSSR count). The maximum atomic E-state index is 6.26. The van der Waals surface area contributed by atoms with Gasteiger partial charge >= 0.3 is 0 Å². The summed E-state index contributed by atoms with van der Waals surface area (Å²) in [5.74, 6) is 0.616. The van der Waals surface area contributed by atoms with Gasteiger partial charge in [-0.2, -0.15) is 0 Å². The van der Waals surface area contributed by atoms with Crippen LogP contribution in [-0.4, -0.2) is 6.54 Å². The molecule has 0 aromatic heterocycles. The molecule has 0 saturated carbocycles. The van der Waals surface area contributed by atoms with Gasteiger partial charge in [0, 0.05) is 11.1 Å². The summed E-state index contributed by atoms with van der Waals surface area (Å²) in [6, 6.07) is 8.52. The van der Waals surface area contributed by atoms with E-state index in [0.29, 0.717) is 12.0 Å². The van der Waals surface area contributed by atoms with Crippen molar-refractivity contribution < 1.29 is 0 Å². The second-order valence-electron chi connectivity index (χ2n) is 4.32. The maximum Gasteiger partial charge on any atom is 0.0453 e. The quantitative estimate of drug-likeness (QED) is 0.775. The molecule has 0 aliphatic carbocycles. The zero-order chi connectivity index (χ0) is 12.0. The number of hydrogen-bond donors (Lipinski definition) is 1. The lowest BCUT2D eigenvalue weighted by Gasteiger charge is -2.25. The Hall–Kier alpha value is -0.530. The third-order valence-corrected chi connectivity index (χ3v) is 3.32. The lowest BCUT2D eigenvalue weighted by Crippen LogP contribution is -2.27. The van der Waals surface area contributed by atoms with Crippen molar-refractivity contribution in [2.45, 2.75) is 39.7 Å². The van der Waals surface area contributed by atoms with Gasteiger partial charge in [-0.05, 0) is 30.5 Å². The molecule has 2 heteroatoms. The molecule has 0 fully saturated rings. The van der Waals surface area contributed by atoms with E-state index < -0.39 is 0 Å². The van der Waals surface area contributed by atoms with Crippen LogP contribution < -0.4 is 5.32 Å². The zero-order valence-corrected chi connectivity index (χ0v) is 11.2. The van der Waals surface area contributed by atoms with Crippen LogP contribution in [0.4, 0.5) is 0 Å². The number of benzene rings is 1. The van der Waals surface area contributed by atoms with E-state index in [1.165, 1.54) is 18.4 Å². The highest BCUT2D eigenvalue weighted by Gasteiger charge is 2.19. The molecule has 0 aliphatic rings. The van der Waals surface area contributed by atoms with Crippen molar-refractivity contribution in [3.8, 4) is 0 Å². The zero-order valence-electron chi connectivity index (χ0n) is 10.5. The van der Waals surface area contributed by atoms with Crippen LogP contribution in [0, 0.1) is 5.92 Å². The normalized spacial score (nSPS) is 14.8. The molecule has 0 radical (unpaired) electrons.